The highest BCUT2D eigenvalue weighted by atomic mass is 16.8. The van der Waals surface area contributed by atoms with Crippen LogP contribution in [0.2, 0.25) is 0 Å². The molecule has 0 radical (unpaired) electrons. The van der Waals surface area contributed by atoms with Gasteiger partial charge in [0, 0.05) is 24.9 Å². The molecule has 2 heterocycles. The normalized spacial score (nSPS) is 55.4. The minimum atomic E-state index is -1.26. The van der Waals surface area contributed by atoms with E-state index in [9.17, 15) is 10.2 Å². The number of aliphatic hydroxyl groups is 2. The standard InChI is InChI=1S/C17H30O5/c1-5-20-14-11(3)13-7-6-10(2)12-8-9-16(4,18)22-15(21-14)17(12,13)19/h10-15,18-19H,5-9H2,1-4H3/t10-,11-,12?,13?,14?,15-,16?,17-/m1/s1. The predicted molar refractivity (Wildman–Crippen MR) is 80.7 cm³/mol. The summed E-state index contributed by atoms with van der Waals surface area (Å²) in [7, 11) is 0. The Hall–Kier alpha value is -0.200. The van der Waals surface area contributed by atoms with E-state index in [1.165, 1.54) is 0 Å². The van der Waals surface area contributed by atoms with E-state index in [1.807, 2.05) is 6.92 Å². The Labute approximate surface area is 132 Å². The maximum atomic E-state index is 11.6. The van der Waals surface area contributed by atoms with Gasteiger partial charge in [0.1, 0.15) is 5.60 Å². The lowest BCUT2D eigenvalue weighted by atomic mass is 9.58. The summed E-state index contributed by atoms with van der Waals surface area (Å²) < 4.78 is 17.5. The van der Waals surface area contributed by atoms with Gasteiger partial charge < -0.3 is 24.4 Å². The largest absolute Gasteiger partial charge is 0.384 e. The second-order valence-electron chi connectivity index (χ2n) is 7.64. The van der Waals surface area contributed by atoms with Crippen LogP contribution >= 0.6 is 0 Å². The molecule has 5 heteroatoms. The average Bonchev–Trinajstić information content (AvgIpc) is 2.53. The van der Waals surface area contributed by atoms with E-state index < -0.39 is 17.7 Å². The number of hydrogen-bond acceptors (Lipinski definition) is 5. The van der Waals surface area contributed by atoms with Crippen molar-refractivity contribution in [1.82, 2.24) is 0 Å². The first kappa shape index (κ1) is 16.7. The summed E-state index contributed by atoms with van der Waals surface area (Å²) in [6.45, 7) is 8.44. The number of ether oxygens (including phenoxy) is 3. The van der Waals surface area contributed by atoms with Crippen LogP contribution in [0.1, 0.15) is 53.4 Å². The van der Waals surface area contributed by atoms with E-state index in [1.54, 1.807) is 6.92 Å². The van der Waals surface area contributed by atoms with Crippen LogP contribution in [0.25, 0.3) is 0 Å². The van der Waals surface area contributed by atoms with Gasteiger partial charge in [-0.05, 0) is 44.9 Å². The van der Waals surface area contributed by atoms with Crippen LogP contribution in [0.3, 0.4) is 0 Å². The maximum Gasteiger partial charge on any atom is 0.193 e. The molecule has 3 rings (SSSR count). The van der Waals surface area contributed by atoms with Gasteiger partial charge in [-0.2, -0.15) is 0 Å². The fourth-order valence-electron chi connectivity index (χ4n) is 4.89. The molecule has 22 heavy (non-hydrogen) atoms. The van der Waals surface area contributed by atoms with Gasteiger partial charge in [0.15, 0.2) is 18.4 Å². The molecular formula is C17H30O5. The Balaban J connectivity index is 1.98. The van der Waals surface area contributed by atoms with Gasteiger partial charge in [-0.1, -0.05) is 13.8 Å². The predicted octanol–water partition coefficient (Wildman–Crippen LogP) is 2.25. The molecule has 3 aliphatic rings. The molecule has 2 N–H and O–H groups in total. The van der Waals surface area contributed by atoms with Crippen molar-refractivity contribution in [3.05, 3.63) is 0 Å². The molecule has 0 aromatic carbocycles. The van der Waals surface area contributed by atoms with Crippen molar-refractivity contribution < 1.29 is 24.4 Å². The zero-order chi connectivity index (χ0) is 16.1. The van der Waals surface area contributed by atoms with Gasteiger partial charge in [-0.15, -0.1) is 0 Å². The lowest BCUT2D eigenvalue weighted by molar-refractivity contribution is -0.407. The van der Waals surface area contributed by atoms with Crippen molar-refractivity contribution in [1.29, 1.82) is 0 Å². The Morgan fingerprint density at radius 3 is 2.55 bits per heavy atom. The summed E-state index contributed by atoms with van der Waals surface area (Å²) in [6, 6.07) is 0. The van der Waals surface area contributed by atoms with Crippen LogP contribution in [-0.2, 0) is 14.2 Å². The minimum absolute atomic E-state index is 0.0814. The quantitative estimate of drug-likeness (QED) is 0.818. The van der Waals surface area contributed by atoms with Crippen LogP contribution in [-0.4, -0.2) is 40.8 Å². The molecule has 3 fully saturated rings. The Bertz CT molecular complexity index is 412. The summed E-state index contributed by atoms with van der Waals surface area (Å²) in [5.41, 5.74) is -1.04. The maximum absolute atomic E-state index is 11.6. The number of hydrogen-bond donors (Lipinski definition) is 2. The first-order valence-electron chi connectivity index (χ1n) is 8.69. The highest BCUT2D eigenvalue weighted by molar-refractivity contribution is 5.06. The molecule has 8 atom stereocenters. The molecule has 1 aliphatic carbocycles. The average molecular weight is 314 g/mol. The third kappa shape index (κ3) is 2.51. The molecule has 4 unspecified atom stereocenters. The van der Waals surface area contributed by atoms with Crippen molar-refractivity contribution in [2.24, 2.45) is 23.7 Å². The van der Waals surface area contributed by atoms with Crippen molar-refractivity contribution in [3.8, 4) is 0 Å². The van der Waals surface area contributed by atoms with Gasteiger partial charge in [0.25, 0.3) is 0 Å². The van der Waals surface area contributed by atoms with Gasteiger partial charge in [-0.25, -0.2) is 0 Å². The van der Waals surface area contributed by atoms with Crippen molar-refractivity contribution in [2.45, 2.75) is 77.3 Å². The van der Waals surface area contributed by atoms with E-state index in [0.717, 1.165) is 19.3 Å². The Morgan fingerprint density at radius 1 is 1.14 bits per heavy atom. The van der Waals surface area contributed by atoms with Crippen molar-refractivity contribution in [2.75, 3.05) is 6.61 Å². The molecule has 0 aromatic heterocycles. The fraction of sp³-hybridized carbons (Fsp3) is 1.00. The van der Waals surface area contributed by atoms with Crippen molar-refractivity contribution in [3.63, 3.8) is 0 Å². The van der Waals surface area contributed by atoms with E-state index >= 15 is 0 Å². The van der Waals surface area contributed by atoms with Gasteiger partial charge >= 0.3 is 0 Å². The lowest BCUT2D eigenvalue weighted by Crippen LogP contribution is -2.67. The summed E-state index contributed by atoms with van der Waals surface area (Å²) in [5.74, 6) is -0.573. The Kier molecular flexibility index (Phi) is 4.32. The van der Waals surface area contributed by atoms with E-state index in [4.69, 9.17) is 14.2 Å². The lowest BCUT2D eigenvalue weighted by Gasteiger charge is -2.57. The van der Waals surface area contributed by atoms with Gasteiger partial charge in [-0.3, -0.25) is 0 Å². The minimum Gasteiger partial charge on any atom is -0.384 e. The zero-order valence-electron chi connectivity index (χ0n) is 14.1. The number of rotatable bonds is 2. The van der Waals surface area contributed by atoms with E-state index in [2.05, 4.69) is 13.8 Å². The molecular weight excluding hydrogens is 284 g/mol. The second-order valence-corrected chi connectivity index (χ2v) is 7.64. The SMILES string of the molecule is CCOC1O[C@@H]2OC(C)(O)CCC3[C@H](C)CCC([C@H]1C)[C@]32O. The highest BCUT2D eigenvalue weighted by Gasteiger charge is 2.63. The molecule has 0 spiro atoms. The first-order chi connectivity index (χ1) is 10.3. The molecule has 0 aromatic rings. The molecule has 128 valence electrons. The molecule has 1 saturated carbocycles. The van der Waals surface area contributed by atoms with Gasteiger partial charge in [0.05, 0.1) is 0 Å². The summed E-state index contributed by atoms with van der Waals surface area (Å²) in [4.78, 5) is 0. The second kappa shape index (κ2) is 5.71. The summed E-state index contributed by atoms with van der Waals surface area (Å²) in [5, 5.41) is 22.0. The molecule has 5 nitrogen and oxygen atoms in total. The third-order valence-corrected chi connectivity index (χ3v) is 6.12. The highest BCUT2D eigenvalue weighted by Crippen LogP contribution is 2.55. The smallest absolute Gasteiger partial charge is 0.193 e. The van der Waals surface area contributed by atoms with Crippen LogP contribution < -0.4 is 0 Å². The third-order valence-electron chi connectivity index (χ3n) is 6.12. The van der Waals surface area contributed by atoms with Crippen LogP contribution in [0.4, 0.5) is 0 Å². The molecule has 2 saturated heterocycles. The summed E-state index contributed by atoms with van der Waals surface area (Å²) >= 11 is 0. The van der Waals surface area contributed by atoms with Crippen molar-refractivity contribution >= 4 is 0 Å². The van der Waals surface area contributed by atoms with Crippen LogP contribution in [0, 0.1) is 23.7 Å². The first-order valence-corrected chi connectivity index (χ1v) is 8.69. The zero-order valence-corrected chi connectivity index (χ0v) is 14.1. The van der Waals surface area contributed by atoms with Gasteiger partial charge in [0.2, 0.25) is 0 Å². The molecule has 2 aliphatic heterocycles. The van der Waals surface area contributed by atoms with E-state index in [0.29, 0.717) is 18.9 Å². The Morgan fingerprint density at radius 2 is 1.86 bits per heavy atom. The summed E-state index contributed by atoms with van der Waals surface area (Å²) in [6.07, 6.45) is 2.11. The van der Waals surface area contributed by atoms with Crippen LogP contribution in [0.15, 0.2) is 0 Å². The topological polar surface area (TPSA) is 68.2 Å². The molecule has 0 amide bonds. The van der Waals surface area contributed by atoms with Crippen LogP contribution in [0.5, 0.6) is 0 Å². The van der Waals surface area contributed by atoms with E-state index in [-0.39, 0.29) is 24.0 Å². The fourth-order valence-corrected chi connectivity index (χ4v) is 4.89. The monoisotopic (exact) mass is 314 g/mol. The molecule has 0 bridgehead atoms.